The molecular formula is C13H17NO3. The van der Waals surface area contributed by atoms with Crippen LogP contribution in [0.2, 0.25) is 0 Å². The molecule has 1 aromatic rings. The van der Waals surface area contributed by atoms with E-state index >= 15 is 0 Å². The van der Waals surface area contributed by atoms with E-state index in [1.54, 1.807) is 25.1 Å². The Kier molecular flexibility index (Phi) is 3.07. The van der Waals surface area contributed by atoms with E-state index in [9.17, 15) is 9.90 Å². The van der Waals surface area contributed by atoms with Crippen LogP contribution in [0.4, 0.5) is 5.69 Å². The third kappa shape index (κ3) is 2.26. The predicted octanol–water partition coefficient (Wildman–Crippen LogP) is 2.10. The second-order valence-electron chi connectivity index (χ2n) is 4.70. The molecule has 1 aliphatic rings. The highest BCUT2D eigenvalue weighted by molar-refractivity contribution is 5.98. The molecule has 17 heavy (non-hydrogen) atoms. The third-order valence-electron chi connectivity index (χ3n) is 2.86. The number of amides is 1. The van der Waals surface area contributed by atoms with Crippen molar-refractivity contribution in [2.45, 2.75) is 33.0 Å². The smallest absolute Gasteiger partial charge is 0.265 e. The lowest BCUT2D eigenvalue weighted by atomic mass is 10.0. The molecule has 0 bridgehead atoms. The van der Waals surface area contributed by atoms with Gasteiger partial charge in [-0.15, -0.1) is 0 Å². The zero-order chi connectivity index (χ0) is 12.6. The van der Waals surface area contributed by atoms with E-state index in [2.05, 4.69) is 5.32 Å². The van der Waals surface area contributed by atoms with Gasteiger partial charge in [-0.1, -0.05) is 19.9 Å². The fourth-order valence-corrected chi connectivity index (χ4v) is 1.84. The monoisotopic (exact) mass is 235 g/mol. The van der Waals surface area contributed by atoms with E-state index in [0.29, 0.717) is 11.4 Å². The minimum atomic E-state index is -0.556. The van der Waals surface area contributed by atoms with Crippen LogP contribution in [0.1, 0.15) is 32.4 Å². The second kappa shape index (κ2) is 4.37. The first-order valence-corrected chi connectivity index (χ1v) is 5.78. The van der Waals surface area contributed by atoms with Crippen molar-refractivity contribution in [3.63, 3.8) is 0 Å². The number of hydrogen-bond acceptors (Lipinski definition) is 3. The van der Waals surface area contributed by atoms with Crippen molar-refractivity contribution in [2.75, 3.05) is 5.32 Å². The van der Waals surface area contributed by atoms with Crippen LogP contribution in [0.15, 0.2) is 18.2 Å². The van der Waals surface area contributed by atoms with Gasteiger partial charge < -0.3 is 15.2 Å². The highest BCUT2D eigenvalue weighted by Crippen LogP contribution is 2.33. The topological polar surface area (TPSA) is 58.6 Å². The molecule has 92 valence electrons. The van der Waals surface area contributed by atoms with Gasteiger partial charge in [0, 0.05) is 0 Å². The summed E-state index contributed by atoms with van der Waals surface area (Å²) in [5.74, 6) is 0.655. The average molecular weight is 235 g/mol. The summed E-state index contributed by atoms with van der Waals surface area (Å²) in [6.45, 7) is 5.57. The Morgan fingerprint density at radius 2 is 2.06 bits per heavy atom. The lowest BCUT2D eigenvalue weighted by Crippen LogP contribution is -2.40. The Balaban J connectivity index is 2.32. The number of rotatable bonds is 2. The van der Waals surface area contributed by atoms with Crippen molar-refractivity contribution in [1.82, 2.24) is 0 Å². The summed E-state index contributed by atoms with van der Waals surface area (Å²) in [4.78, 5) is 11.8. The fraction of sp³-hybridized carbons (Fsp3) is 0.462. The van der Waals surface area contributed by atoms with Crippen LogP contribution in [-0.4, -0.2) is 17.1 Å². The normalized spacial score (nSPS) is 20.5. The van der Waals surface area contributed by atoms with Crippen molar-refractivity contribution < 1.29 is 14.6 Å². The number of aliphatic hydroxyl groups excluding tert-OH is 1. The molecule has 2 atom stereocenters. The van der Waals surface area contributed by atoms with Crippen molar-refractivity contribution in [3.8, 4) is 5.75 Å². The molecule has 0 saturated carbocycles. The number of hydrogen-bond donors (Lipinski definition) is 2. The largest absolute Gasteiger partial charge is 0.478 e. The highest BCUT2D eigenvalue weighted by atomic mass is 16.5. The highest BCUT2D eigenvalue weighted by Gasteiger charge is 2.30. The van der Waals surface area contributed by atoms with Crippen molar-refractivity contribution in [1.29, 1.82) is 0 Å². The molecule has 2 N–H and O–H groups in total. The van der Waals surface area contributed by atoms with Gasteiger partial charge in [0.1, 0.15) is 5.75 Å². The lowest BCUT2D eigenvalue weighted by Gasteiger charge is -2.28. The van der Waals surface area contributed by atoms with Crippen LogP contribution < -0.4 is 10.1 Å². The van der Waals surface area contributed by atoms with Gasteiger partial charge in [-0.3, -0.25) is 4.79 Å². The second-order valence-corrected chi connectivity index (χ2v) is 4.70. The summed E-state index contributed by atoms with van der Waals surface area (Å²) >= 11 is 0. The van der Waals surface area contributed by atoms with Crippen molar-refractivity contribution >= 4 is 11.6 Å². The van der Waals surface area contributed by atoms with Crippen LogP contribution in [0.25, 0.3) is 0 Å². The van der Waals surface area contributed by atoms with Gasteiger partial charge in [0.15, 0.2) is 6.10 Å². The number of anilines is 1. The first-order valence-electron chi connectivity index (χ1n) is 5.78. The summed E-state index contributed by atoms with van der Waals surface area (Å²) < 4.78 is 5.65. The number of carbonyl (C=O) groups is 1. The minimum absolute atomic E-state index is 0.125. The fourth-order valence-electron chi connectivity index (χ4n) is 1.84. The van der Waals surface area contributed by atoms with E-state index in [0.717, 1.165) is 5.56 Å². The summed E-state index contributed by atoms with van der Waals surface area (Å²) in [5, 5.41) is 12.3. The van der Waals surface area contributed by atoms with Gasteiger partial charge in [-0.2, -0.15) is 0 Å². The van der Waals surface area contributed by atoms with Crippen LogP contribution in [0.3, 0.4) is 0 Å². The predicted molar refractivity (Wildman–Crippen MR) is 65.0 cm³/mol. The van der Waals surface area contributed by atoms with Crippen LogP contribution in [0.5, 0.6) is 5.75 Å². The summed E-state index contributed by atoms with van der Waals surface area (Å²) in [6.07, 6.45) is -1.00. The van der Waals surface area contributed by atoms with Gasteiger partial charge in [-0.05, 0) is 30.5 Å². The van der Waals surface area contributed by atoms with Crippen molar-refractivity contribution in [3.05, 3.63) is 23.8 Å². The molecule has 1 aliphatic heterocycles. The molecule has 0 saturated heterocycles. The number of carbonyl (C=O) groups excluding carboxylic acids is 1. The van der Waals surface area contributed by atoms with Gasteiger partial charge in [0.2, 0.25) is 0 Å². The summed E-state index contributed by atoms with van der Waals surface area (Å²) in [5.41, 5.74) is 1.39. The average Bonchev–Trinajstić information content (AvgIpc) is 2.26. The number of ether oxygens (including phenoxy) is 1. The van der Waals surface area contributed by atoms with Crippen LogP contribution >= 0.6 is 0 Å². The molecule has 1 aromatic carbocycles. The number of benzene rings is 1. The molecule has 4 nitrogen and oxygen atoms in total. The Labute approximate surface area is 101 Å². The zero-order valence-corrected chi connectivity index (χ0v) is 10.2. The van der Waals surface area contributed by atoms with E-state index in [4.69, 9.17) is 4.74 Å². The van der Waals surface area contributed by atoms with Gasteiger partial charge >= 0.3 is 0 Å². The Hall–Kier alpha value is -1.55. The maximum Gasteiger partial charge on any atom is 0.265 e. The zero-order valence-electron chi connectivity index (χ0n) is 10.2. The molecule has 0 aliphatic carbocycles. The number of nitrogens with one attached hydrogen (secondary N) is 1. The first kappa shape index (κ1) is 11.9. The van der Waals surface area contributed by atoms with Gasteiger partial charge in [-0.25, -0.2) is 0 Å². The molecule has 2 rings (SSSR count). The third-order valence-corrected chi connectivity index (χ3v) is 2.86. The quantitative estimate of drug-likeness (QED) is 0.825. The van der Waals surface area contributed by atoms with Crippen LogP contribution in [-0.2, 0) is 4.79 Å². The molecule has 4 heteroatoms. The maximum absolute atomic E-state index is 11.8. The van der Waals surface area contributed by atoms with Gasteiger partial charge in [0.25, 0.3) is 5.91 Å². The molecule has 0 radical (unpaired) electrons. The maximum atomic E-state index is 11.8. The van der Waals surface area contributed by atoms with E-state index < -0.39 is 12.2 Å². The van der Waals surface area contributed by atoms with E-state index in [1.165, 1.54) is 0 Å². The van der Waals surface area contributed by atoms with Crippen molar-refractivity contribution in [2.24, 2.45) is 5.92 Å². The standard InChI is InChI=1S/C13H17NO3/c1-7(2)12-13(16)14-10-6-9(8(3)15)4-5-11(10)17-12/h4-8,12,15H,1-3H3,(H,14,16). The molecular weight excluding hydrogens is 218 g/mol. The Bertz CT molecular complexity index is 440. The van der Waals surface area contributed by atoms with Gasteiger partial charge in [0.05, 0.1) is 11.8 Å². The Morgan fingerprint density at radius 3 is 2.65 bits per heavy atom. The molecule has 0 fully saturated rings. The number of fused-ring (bicyclic) bond motifs is 1. The molecule has 0 aromatic heterocycles. The summed E-state index contributed by atoms with van der Waals surface area (Å²) in [7, 11) is 0. The number of aliphatic hydroxyl groups is 1. The minimum Gasteiger partial charge on any atom is -0.478 e. The molecule has 1 amide bonds. The Morgan fingerprint density at radius 1 is 1.35 bits per heavy atom. The lowest BCUT2D eigenvalue weighted by molar-refractivity contribution is -0.125. The van der Waals surface area contributed by atoms with E-state index in [-0.39, 0.29) is 11.8 Å². The first-order chi connectivity index (χ1) is 7.99. The molecule has 0 spiro atoms. The molecule has 2 unspecified atom stereocenters. The molecule has 1 heterocycles. The van der Waals surface area contributed by atoms with E-state index in [1.807, 2.05) is 13.8 Å². The van der Waals surface area contributed by atoms with Crippen LogP contribution in [0, 0.1) is 5.92 Å². The summed E-state index contributed by atoms with van der Waals surface area (Å²) in [6, 6.07) is 5.33. The SMILES string of the molecule is CC(O)c1ccc2c(c1)NC(=O)C(C(C)C)O2.